The maximum Gasteiger partial charge on any atom is 0.274 e. The summed E-state index contributed by atoms with van der Waals surface area (Å²) in [6.45, 7) is 0.345. The zero-order valence-corrected chi connectivity index (χ0v) is 15.2. The highest BCUT2D eigenvalue weighted by molar-refractivity contribution is 9.10. The fourth-order valence-corrected chi connectivity index (χ4v) is 3.98. The molecule has 0 atom stereocenters. The molecule has 0 fully saturated rings. The molecule has 3 heterocycles. The minimum Gasteiger partial charge on any atom is -0.463 e. The van der Waals surface area contributed by atoms with E-state index in [4.69, 9.17) is 4.42 Å². The maximum absolute atomic E-state index is 12.8. The van der Waals surface area contributed by atoms with E-state index in [1.54, 1.807) is 12.1 Å². The summed E-state index contributed by atoms with van der Waals surface area (Å²) in [7, 11) is 0. The summed E-state index contributed by atoms with van der Waals surface area (Å²) >= 11 is 4.92. The first-order valence-electron chi connectivity index (χ1n) is 7.39. The van der Waals surface area contributed by atoms with Crippen LogP contribution < -0.4 is 10.5 Å². The van der Waals surface area contributed by atoms with Gasteiger partial charge in [0.2, 0.25) is 0 Å². The Hall–Kier alpha value is -2.50. The van der Waals surface area contributed by atoms with Crippen LogP contribution in [0.1, 0.15) is 5.56 Å². The molecule has 0 saturated heterocycles. The van der Waals surface area contributed by atoms with Crippen molar-refractivity contribution in [3.8, 4) is 17.5 Å². The Kier molecular flexibility index (Phi) is 4.11. The quantitative estimate of drug-likeness (QED) is 0.595. The van der Waals surface area contributed by atoms with Gasteiger partial charge in [-0.15, -0.1) is 0 Å². The molecule has 8 heteroatoms. The summed E-state index contributed by atoms with van der Waals surface area (Å²) in [6, 6.07) is 13.2. The topological polar surface area (TPSA) is 75.1 Å². The van der Waals surface area contributed by atoms with Gasteiger partial charge in [-0.3, -0.25) is 9.36 Å². The highest BCUT2D eigenvalue weighted by Crippen LogP contribution is 2.30. The monoisotopic (exact) mass is 414 g/mol. The molecule has 0 radical (unpaired) electrons. The standard InChI is InChI=1S/C17H11BrN4O2S/c18-11-3-1-4-12(7-11)21-9-22-16(23)13(8-19)15(14-5-2-6-24-14)20-17(22)25-10-21/h1-7H,9-10H2. The molecule has 2 aromatic heterocycles. The van der Waals surface area contributed by atoms with Crippen molar-refractivity contribution in [2.45, 2.75) is 11.8 Å². The van der Waals surface area contributed by atoms with Gasteiger partial charge in [0.25, 0.3) is 5.56 Å². The lowest BCUT2D eigenvalue weighted by molar-refractivity contribution is 0.548. The number of furan rings is 1. The Labute approximate surface area is 155 Å². The van der Waals surface area contributed by atoms with Crippen molar-refractivity contribution in [3.63, 3.8) is 0 Å². The summed E-state index contributed by atoms with van der Waals surface area (Å²) in [5.41, 5.74) is 0.932. The highest BCUT2D eigenvalue weighted by Gasteiger charge is 2.25. The second-order valence-corrected chi connectivity index (χ2v) is 7.20. The lowest BCUT2D eigenvalue weighted by Crippen LogP contribution is -2.38. The number of thioether (sulfide) groups is 1. The number of fused-ring (bicyclic) bond motifs is 1. The van der Waals surface area contributed by atoms with E-state index in [0.29, 0.717) is 29.2 Å². The van der Waals surface area contributed by atoms with Crippen molar-refractivity contribution < 1.29 is 4.42 Å². The minimum atomic E-state index is -0.355. The second kappa shape index (κ2) is 6.43. The molecule has 0 spiro atoms. The molecule has 0 unspecified atom stereocenters. The summed E-state index contributed by atoms with van der Waals surface area (Å²) in [5, 5.41) is 10.0. The van der Waals surface area contributed by atoms with Crippen molar-refractivity contribution in [1.82, 2.24) is 9.55 Å². The van der Waals surface area contributed by atoms with Gasteiger partial charge in [-0.1, -0.05) is 33.8 Å². The molecule has 0 bridgehead atoms. The van der Waals surface area contributed by atoms with E-state index in [2.05, 4.69) is 25.8 Å². The van der Waals surface area contributed by atoms with Gasteiger partial charge in [0.15, 0.2) is 10.9 Å². The lowest BCUT2D eigenvalue weighted by atomic mass is 10.2. The van der Waals surface area contributed by atoms with Crippen LogP contribution in [-0.4, -0.2) is 15.4 Å². The van der Waals surface area contributed by atoms with E-state index in [1.807, 2.05) is 30.3 Å². The number of anilines is 1. The molecule has 0 aliphatic carbocycles. The number of rotatable bonds is 2. The van der Waals surface area contributed by atoms with E-state index in [0.717, 1.165) is 10.2 Å². The van der Waals surface area contributed by atoms with E-state index in [9.17, 15) is 10.1 Å². The third-order valence-electron chi connectivity index (χ3n) is 3.84. The average Bonchev–Trinajstić information content (AvgIpc) is 3.16. The van der Waals surface area contributed by atoms with Gasteiger partial charge in [-0.25, -0.2) is 4.98 Å². The summed E-state index contributed by atoms with van der Waals surface area (Å²) in [6.07, 6.45) is 1.50. The van der Waals surface area contributed by atoms with Crippen molar-refractivity contribution in [2.24, 2.45) is 0 Å². The number of aromatic nitrogens is 2. The SMILES string of the molecule is N#Cc1c(-c2ccco2)nc2n(c1=O)CN(c1cccc(Br)c1)CS2. The first kappa shape index (κ1) is 16.0. The highest BCUT2D eigenvalue weighted by atomic mass is 79.9. The zero-order chi connectivity index (χ0) is 17.4. The van der Waals surface area contributed by atoms with Gasteiger partial charge < -0.3 is 9.32 Å². The summed E-state index contributed by atoms with van der Waals surface area (Å²) in [5.74, 6) is 1.08. The van der Waals surface area contributed by atoms with Crippen molar-refractivity contribution in [2.75, 3.05) is 10.8 Å². The molecular formula is C17H11BrN4O2S. The van der Waals surface area contributed by atoms with Crippen LogP contribution in [-0.2, 0) is 6.67 Å². The van der Waals surface area contributed by atoms with Crippen molar-refractivity contribution in [1.29, 1.82) is 5.26 Å². The third-order valence-corrected chi connectivity index (χ3v) is 5.34. The van der Waals surface area contributed by atoms with Crippen LogP contribution in [0.5, 0.6) is 0 Å². The predicted molar refractivity (Wildman–Crippen MR) is 98.3 cm³/mol. The van der Waals surface area contributed by atoms with E-state index < -0.39 is 0 Å². The number of nitrogens with zero attached hydrogens (tertiary/aromatic N) is 4. The molecule has 0 amide bonds. The second-order valence-electron chi connectivity index (χ2n) is 5.37. The van der Waals surface area contributed by atoms with Crippen LogP contribution in [0.2, 0.25) is 0 Å². The Morgan fingerprint density at radius 3 is 2.92 bits per heavy atom. The summed E-state index contributed by atoms with van der Waals surface area (Å²) < 4.78 is 7.82. The molecule has 0 saturated carbocycles. The Balaban J connectivity index is 1.79. The Morgan fingerprint density at radius 1 is 1.32 bits per heavy atom. The normalized spacial score (nSPS) is 13.4. The molecule has 1 aliphatic heterocycles. The van der Waals surface area contributed by atoms with E-state index in [-0.39, 0.29) is 11.1 Å². The molecule has 6 nitrogen and oxygen atoms in total. The number of hydrogen-bond acceptors (Lipinski definition) is 6. The van der Waals surface area contributed by atoms with Gasteiger partial charge in [-0.05, 0) is 30.3 Å². The first-order chi connectivity index (χ1) is 12.2. The van der Waals surface area contributed by atoms with E-state index >= 15 is 0 Å². The molecule has 25 heavy (non-hydrogen) atoms. The van der Waals surface area contributed by atoms with E-state index in [1.165, 1.54) is 22.6 Å². The zero-order valence-electron chi connectivity index (χ0n) is 12.8. The van der Waals surface area contributed by atoms with Crippen LogP contribution >= 0.6 is 27.7 Å². The van der Waals surface area contributed by atoms with Crippen LogP contribution in [0.25, 0.3) is 11.5 Å². The van der Waals surface area contributed by atoms with Crippen LogP contribution in [0.3, 0.4) is 0 Å². The van der Waals surface area contributed by atoms with Crippen LogP contribution in [0, 0.1) is 11.3 Å². The van der Waals surface area contributed by atoms with Gasteiger partial charge in [0, 0.05) is 10.2 Å². The summed E-state index contributed by atoms with van der Waals surface area (Å²) in [4.78, 5) is 19.4. The van der Waals surface area contributed by atoms with Crippen molar-refractivity contribution in [3.05, 3.63) is 63.1 Å². The fourth-order valence-electron chi connectivity index (χ4n) is 2.64. The molecular weight excluding hydrogens is 404 g/mol. The van der Waals surface area contributed by atoms with Gasteiger partial charge in [-0.2, -0.15) is 5.26 Å². The molecule has 0 N–H and O–H groups in total. The smallest absolute Gasteiger partial charge is 0.274 e. The lowest BCUT2D eigenvalue weighted by Gasteiger charge is -2.30. The molecule has 124 valence electrons. The number of hydrogen-bond donors (Lipinski definition) is 0. The predicted octanol–water partition coefficient (Wildman–Crippen LogP) is 3.66. The fraction of sp³-hybridized carbons (Fsp3) is 0.118. The largest absolute Gasteiger partial charge is 0.463 e. The third kappa shape index (κ3) is 2.86. The Morgan fingerprint density at radius 2 is 2.20 bits per heavy atom. The van der Waals surface area contributed by atoms with Crippen molar-refractivity contribution >= 4 is 33.4 Å². The first-order valence-corrected chi connectivity index (χ1v) is 9.17. The molecule has 3 aromatic rings. The number of nitriles is 1. The van der Waals surface area contributed by atoms with Gasteiger partial charge >= 0.3 is 0 Å². The minimum absolute atomic E-state index is 0.00427. The molecule has 4 rings (SSSR count). The maximum atomic E-state index is 12.8. The van der Waals surface area contributed by atoms with Gasteiger partial charge in [0.05, 0.1) is 12.1 Å². The van der Waals surface area contributed by atoms with Crippen LogP contribution in [0.4, 0.5) is 5.69 Å². The molecule has 1 aromatic carbocycles. The number of benzene rings is 1. The average molecular weight is 415 g/mol. The van der Waals surface area contributed by atoms with Crippen LogP contribution in [0.15, 0.2) is 61.5 Å². The van der Waals surface area contributed by atoms with Gasteiger partial charge in [0.1, 0.15) is 24.0 Å². The number of halogens is 1. The molecule has 1 aliphatic rings. The Bertz CT molecular complexity index is 1040.